The van der Waals surface area contributed by atoms with Crippen LogP contribution in [0, 0.1) is 0 Å². The van der Waals surface area contributed by atoms with Crippen molar-refractivity contribution >= 4 is 38.2 Å². The summed E-state index contributed by atoms with van der Waals surface area (Å²) in [6.45, 7) is 4.09. The fourth-order valence-corrected chi connectivity index (χ4v) is 4.84. The summed E-state index contributed by atoms with van der Waals surface area (Å²) in [6.07, 6.45) is 0. The number of hydrogen-bond donors (Lipinski definition) is 0. The van der Waals surface area contributed by atoms with E-state index < -0.39 is 0 Å². The Bertz CT molecular complexity index is 1150. The van der Waals surface area contributed by atoms with Gasteiger partial charge in [-0.1, -0.05) is 42.5 Å². The van der Waals surface area contributed by atoms with Gasteiger partial charge in [-0.05, 0) is 35.0 Å². The highest BCUT2D eigenvalue weighted by Gasteiger charge is 2.22. The van der Waals surface area contributed by atoms with Gasteiger partial charge >= 0.3 is 0 Å². The number of rotatable bonds is 5. The molecule has 1 aliphatic rings. The van der Waals surface area contributed by atoms with Crippen molar-refractivity contribution in [2.24, 2.45) is 0 Å². The molecule has 152 valence electrons. The number of piperazine rings is 1. The average molecular weight is 418 g/mol. The van der Waals surface area contributed by atoms with Gasteiger partial charge in [0.25, 0.3) is 5.91 Å². The van der Waals surface area contributed by atoms with E-state index in [-0.39, 0.29) is 12.5 Å². The summed E-state index contributed by atoms with van der Waals surface area (Å²) in [4.78, 5) is 21.6. The molecule has 5 nitrogen and oxygen atoms in total. The molecule has 0 N–H and O–H groups in total. The summed E-state index contributed by atoms with van der Waals surface area (Å²) < 4.78 is 7.00. The van der Waals surface area contributed by atoms with E-state index in [0.29, 0.717) is 0 Å². The summed E-state index contributed by atoms with van der Waals surface area (Å²) in [5.74, 6) is 0.777. The van der Waals surface area contributed by atoms with Crippen LogP contribution in [-0.2, 0) is 11.3 Å². The van der Waals surface area contributed by atoms with Gasteiger partial charge in [-0.15, -0.1) is 11.3 Å². The van der Waals surface area contributed by atoms with E-state index in [1.807, 2.05) is 41.3 Å². The Hall–Kier alpha value is -2.96. The number of aromatic nitrogens is 1. The maximum Gasteiger partial charge on any atom is 0.260 e. The highest BCUT2D eigenvalue weighted by Crippen LogP contribution is 2.23. The zero-order valence-corrected chi connectivity index (χ0v) is 17.5. The summed E-state index contributed by atoms with van der Waals surface area (Å²) >= 11 is 1.75. The molecule has 0 unspecified atom stereocenters. The van der Waals surface area contributed by atoms with Crippen LogP contribution in [0.4, 0.5) is 0 Å². The van der Waals surface area contributed by atoms with Gasteiger partial charge < -0.3 is 9.64 Å². The van der Waals surface area contributed by atoms with Crippen LogP contribution in [0.1, 0.15) is 5.01 Å². The number of carbonyl (C=O) groups is 1. The molecule has 1 fully saturated rings. The molecular formula is C24H23N3O2S. The van der Waals surface area contributed by atoms with Gasteiger partial charge in [-0.3, -0.25) is 9.69 Å². The molecule has 0 atom stereocenters. The van der Waals surface area contributed by atoms with Gasteiger partial charge in [-0.2, -0.15) is 0 Å². The number of nitrogens with zero attached hydrogens (tertiary/aromatic N) is 3. The fourth-order valence-electron chi connectivity index (χ4n) is 3.83. The molecule has 1 aliphatic heterocycles. The standard InChI is InChI=1S/C24H23N3O2S/c28-24(17-29-20-10-9-18-5-1-2-6-19(18)15-20)27-13-11-26(12-14-27)16-23-25-21-7-3-4-8-22(21)30-23/h1-10,15H,11-14,16-17H2. The van der Waals surface area contributed by atoms with Crippen LogP contribution >= 0.6 is 11.3 Å². The molecule has 3 aromatic carbocycles. The second-order valence-corrected chi connectivity index (χ2v) is 8.65. The average Bonchev–Trinajstić information content (AvgIpc) is 3.20. The van der Waals surface area contributed by atoms with Crippen molar-refractivity contribution in [1.82, 2.24) is 14.8 Å². The van der Waals surface area contributed by atoms with Crippen LogP contribution in [0.3, 0.4) is 0 Å². The Balaban J connectivity index is 1.12. The number of amides is 1. The zero-order chi connectivity index (χ0) is 20.3. The molecule has 30 heavy (non-hydrogen) atoms. The SMILES string of the molecule is O=C(COc1ccc2ccccc2c1)N1CCN(Cc2nc3ccccc3s2)CC1. The summed E-state index contributed by atoms with van der Waals surface area (Å²) in [6, 6.07) is 22.3. The van der Waals surface area contributed by atoms with Crippen LogP contribution in [0.15, 0.2) is 66.7 Å². The van der Waals surface area contributed by atoms with Crippen molar-refractivity contribution < 1.29 is 9.53 Å². The van der Waals surface area contributed by atoms with E-state index in [4.69, 9.17) is 9.72 Å². The molecule has 0 bridgehead atoms. The van der Waals surface area contributed by atoms with Crippen molar-refractivity contribution in [3.05, 3.63) is 71.7 Å². The third kappa shape index (κ3) is 4.15. The lowest BCUT2D eigenvalue weighted by Crippen LogP contribution is -2.49. The number of benzene rings is 3. The van der Waals surface area contributed by atoms with Crippen LogP contribution < -0.4 is 4.74 Å². The number of carbonyl (C=O) groups excluding carboxylic acids is 1. The highest BCUT2D eigenvalue weighted by atomic mass is 32.1. The summed E-state index contributed by atoms with van der Waals surface area (Å²) in [5.41, 5.74) is 1.07. The van der Waals surface area contributed by atoms with Crippen LogP contribution in [0.5, 0.6) is 5.75 Å². The largest absolute Gasteiger partial charge is 0.484 e. The Morgan fingerprint density at radius 2 is 1.70 bits per heavy atom. The minimum Gasteiger partial charge on any atom is -0.484 e. The van der Waals surface area contributed by atoms with E-state index in [1.165, 1.54) is 10.1 Å². The van der Waals surface area contributed by atoms with Crippen molar-refractivity contribution in [3.8, 4) is 5.75 Å². The zero-order valence-electron chi connectivity index (χ0n) is 16.7. The third-order valence-electron chi connectivity index (χ3n) is 5.51. The lowest BCUT2D eigenvalue weighted by molar-refractivity contribution is -0.135. The predicted octanol–water partition coefficient (Wildman–Crippen LogP) is 4.17. The number of ether oxygens (including phenoxy) is 1. The lowest BCUT2D eigenvalue weighted by atomic mass is 10.1. The van der Waals surface area contributed by atoms with Gasteiger partial charge in [0.15, 0.2) is 6.61 Å². The van der Waals surface area contributed by atoms with Crippen LogP contribution in [0.25, 0.3) is 21.0 Å². The van der Waals surface area contributed by atoms with Crippen molar-refractivity contribution in [3.63, 3.8) is 0 Å². The second kappa shape index (κ2) is 8.42. The van der Waals surface area contributed by atoms with E-state index in [2.05, 4.69) is 35.2 Å². The number of hydrogen-bond acceptors (Lipinski definition) is 5. The minimum atomic E-state index is 0.0443. The van der Waals surface area contributed by atoms with Gasteiger partial charge in [0.2, 0.25) is 0 Å². The summed E-state index contributed by atoms with van der Waals surface area (Å²) in [7, 11) is 0. The van der Waals surface area contributed by atoms with Crippen molar-refractivity contribution in [2.75, 3.05) is 32.8 Å². The molecule has 1 aromatic heterocycles. The lowest BCUT2D eigenvalue weighted by Gasteiger charge is -2.34. The number of para-hydroxylation sites is 1. The molecule has 1 saturated heterocycles. The number of fused-ring (bicyclic) bond motifs is 2. The predicted molar refractivity (Wildman–Crippen MR) is 121 cm³/mol. The Morgan fingerprint density at radius 3 is 2.53 bits per heavy atom. The Morgan fingerprint density at radius 1 is 0.933 bits per heavy atom. The molecule has 5 rings (SSSR count). The number of thiazole rings is 1. The van der Waals surface area contributed by atoms with Crippen LogP contribution in [0.2, 0.25) is 0 Å². The van der Waals surface area contributed by atoms with Gasteiger partial charge in [-0.25, -0.2) is 4.98 Å². The van der Waals surface area contributed by atoms with Crippen molar-refractivity contribution in [1.29, 1.82) is 0 Å². The van der Waals surface area contributed by atoms with Crippen molar-refractivity contribution in [2.45, 2.75) is 6.54 Å². The maximum absolute atomic E-state index is 12.6. The van der Waals surface area contributed by atoms with E-state index in [9.17, 15) is 4.79 Å². The summed E-state index contributed by atoms with van der Waals surface area (Å²) in [5, 5.41) is 3.42. The molecule has 1 amide bonds. The van der Waals surface area contributed by atoms with E-state index in [0.717, 1.165) is 54.4 Å². The van der Waals surface area contributed by atoms with Gasteiger partial charge in [0.1, 0.15) is 10.8 Å². The first-order valence-corrected chi connectivity index (χ1v) is 11.0. The van der Waals surface area contributed by atoms with E-state index in [1.54, 1.807) is 11.3 Å². The topological polar surface area (TPSA) is 45.7 Å². The van der Waals surface area contributed by atoms with Gasteiger partial charge in [0.05, 0.1) is 16.8 Å². The monoisotopic (exact) mass is 417 g/mol. The molecule has 0 spiro atoms. The first-order chi connectivity index (χ1) is 14.7. The normalized spacial score (nSPS) is 15.0. The minimum absolute atomic E-state index is 0.0443. The third-order valence-corrected chi connectivity index (χ3v) is 6.53. The molecule has 0 saturated carbocycles. The van der Waals surface area contributed by atoms with E-state index >= 15 is 0 Å². The fraction of sp³-hybridized carbons (Fsp3) is 0.250. The molecular weight excluding hydrogens is 394 g/mol. The Kier molecular flexibility index (Phi) is 5.34. The highest BCUT2D eigenvalue weighted by molar-refractivity contribution is 7.18. The molecule has 6 heteroatoms. The maximum atomic E-state index is 12.6. The molecule has 0 aliphatic carbocycles. The Labute approximate surface area is 179 Å². The smallest absolute Gasteiger partial charge is 0.260 e. The molecule has 2 heterocycles. The first-order valence-electron chi connectivity index (χ1n) is 10.2. The second-order valence-electron chi connectivity index (χ2n) is 7.53. The molecule has 0 radical (unpaired) electrons. The quantitative estimate of drug-likeness (QED) is 0.489. The van der Waals surface area contributed by atoms with Crippen LogP contribution in [-0.4, -0.2) is 53.5 Å². The first kappa shape index (κ1) is 19.0. The molecule has 4 aromatic rings. The van der Waals surface area contributed by atoms with Gasteiger partial charge in [0, 0.05) is 26.2 Å².